The molecule has 2 aliphatic rings. The molecule has 1 aromatic carbocycles. The van der Waals surface area contributed by atoms with Crippen molar-refractivity contribution in [1.82, 2.24) is 10.6 Å². The monoisotopic (exact) mass is 246 g/mol. The fourth-order valence-electron chi connectivity index (χ4n) is 2.85. The van der Waals surface area contributed by atoms with Crippen LogP contribution in [0.15, 0.2) is 12.1 Å². The SMILES string of the molecule is Cc1c([C@@H]2CNC[C@H](C)N2)ccc2c1COC2=O. The van der Waals surface area contributed by atoms with Gasteiger partial charge in [0, 0.05) is 30.7 Å². The summed E-state index contributed by atoms with van der Waals surface area (Å²) in [4.78, 5) is 11.5. The number of carbonyl (C=O) groups is 1. The molecule has 1 saturated heterocycles. The first-order valence-electron chi connectivity index (χ1n) is 6.43. The maximum Gasteiger partial charge on any atom is 0.338 e. The molecule has 0 radical (unpaired) electrons. The number of piperazine rings is 1. The number of rotatable bonds is 1. The van der Waals surface area contributed by atoms with Crippen LogP contribution >= 0.6 is 0 Å². The van der Waals surface area contributed by atoms with Crippen molar-refractivity contribution in [2.24, 2.45) is 0 Å². The van der Waals surface area contributed by atoms with Crippen molar-refractivity contribution in [2.75, 3.05) is 13.1 Å². The minimum atomic E-state index is -0.192. The molecule has 1 aromatic rings. The van der Waals surface area contributed by atoms with Crippen LogP contribution in [-0.2, 0) is 11.3 Å². The van der Waals surface area contributed by atoms with Crippen molar-refractivity contribution >= 4 is 5.97 Å². The minimum absolute atomic E-state index is 0.192. The van der Waals surface area contributed by atoms with Crippen LogP contribution in [-0.4, -0.2) is 25.1 Å². The maximum absolute atomic E-state index is 11.5. The highest BCUT2D eigenvalue weighted by Gasteiger charge is 2.27. The van der Waals surface area contributed by atoms with Gasteiger partial charge in [0.15, 0.2) is 0 Å². The normalized spacial score (nSPS) is 26.9. The van der Waals surface area contributed by atoms with Crippen molar-refractivity contribution in [3.63, 3.8) is 0 Å². The van der Waals surface area contributed by atoms with Gasteiger partial charge in [-0.25, -0.2) is 4.79 Å². The number of fused-ring (bicyclic) bond motifs is 1. The van der Waals surface area contributed by atoms with Crippen molar-refractivity contribution in [3.05, 3.63) is 34.4 Å². The second-order valence-electron chi connectivity index (χ2n) is 5.16. The maximum atomic E-state index is 11.5. The number of nitrogens with one attached hydrogen (secondary N) is 2. The number of hydrogen-bond donors (Lipinski definition) is 2. The molecule has 1 fully saturated rings. The van der Waals surface area contributed by atoms with Crippen molar-refractivity contribution in [3.8, 4) is 0 Å². The number of ether oxygens (including phenoxy) is 1. The second kappa shape index (κ2) is 4.37. The van der Waals surface area contributed by atoms with E-state index in [1.807, 2.05) is 6.07 Å². The van der Waals surface area contributed by atoms with Crippen LogP contribution in [0.3, 0.4) is 0 Å². The molecule has 2 atom stereocenters. The molecule has 2 aliphatic heterocycles. The zero-order chi connectivity index (χ0) is 12.7. The van der Waals surface area contributed by atoms with Crippen LogP contribution in [0.2, 0.25) is 0 Å². The molecule has 0 unspecified atom stereocenters. The fourth-order valence-corrected chi connectivity index (χ4v) is 2.85. The number of esters is 1. The third kappa shape index (κ3) is 1.82. The van der Waals surface area contributed by atoms with Crippen molar-refractivity contribution < 1.29 is 9.53 Å². The lowest BCUT2D eigenvalue weighted by molar-refractivity contribution is 0.0535. The van der Waals surface area contributed by atoms with E-state index in [-0.39, 0.29) is 5.97 Å². The second-order valence-corrected chi connectivity index (χ2v) is 5.16. The highest BCUT2D eigenvalue weighted by atomic mass is 16.5. The average Bonchev–Trinajstić information content (AvgIpc) is 2.73. The summed E-state index contributed by atoms with van der Waals surface area (Å²) < 4.78 is 5.09. The average molecular weight is 246 g/mol. The fraction of sp³-hybridized carbons (Fsp3) is 0.500. The van der Waals surface area contributed by atoms with Gasteiger partial charge in [0.25, 0.3) is 0 Å². The molecule has 0 aliphatic carbocycles. The Morgan fingerprint density at radius 1 is 1.33 bits per heavy atom. The molecular formula is C14H18N2O2. The highest BCUT2D eigenvalue weighted by molar-refractivity contribution is 5.93. The van der Waals surface area contributed by atoms with E-state index in [2.05, 4.69) is 30.5 Å². The van der Waals surface area contributed by atoms with E-state index < -0.39 is 0 Å². The van der Waals surface area contributed by atoms with Gasteiger partial charge in [-0.3, -0.25) is 0 Å². The smallest absolute Gasteiger partial charge is 0.338 e. The summed E-state index contributed by atoms with van der Waals surface area (Å²) in [7, 11) is 0. The third-order valence-electron chi connectivity index (χ3n) is 3.87. The highest BCUT2D eigenvalue weighted by Crippen LogP contribution is 2.29. The molecular weight excluding hydrogens is 228 g/mol. The molecule has 2 heterocycles. The molecule has 96 valence electrons. The van der Waals surface area contributed by atoms with E-state index >= 15 is 0 Å². The third-order valence-corrected chi connectivity index (χ3v) is 3.87. The Morgan fingerprint density at radius 2 is 2.17 bits per heavy atom. The standard InChI is InChI=1S/C14H18N2O2/c1-8-5-15-6-13(16-8)10-3-4-11-12(9(10)2)7-18-14(11)17/h3-4,8,13,15-16H,5-7H2,1-2H3/t8-,13-/m0/s1. The first kappa shape index (κ1) is 11.7. The molecule has 4 nitrogen and oxygen atoms in total. The Balaban J connectivity index is 1.96. The van der Waals surface area contributed by atoms with E-state index in [0.717, 1.165) is 24.2 Å². The molecule has 0 bridgehead atoms. The van der Waals surface area contributed by atoms with E-state index in [1.165, 1.54) is 11.1 Å². The summed E-state index contributed by atoms with van der Waals surface area (Å²) in [5.74, 6) is -0.192. The quantitative estimate of drug-likeness (QED) is 0.733. The number of hydrogen-bond acceptors (Lipinski definition) is 4. The lowest BCUT2D eigenvalue weighted by atomic mass is 9.93. The molecule has 18 heavy (non-hydrogen) atoms. The zero-order valence-corrected chi connectivity index (χ0v) is 10.7. The Hall–Kier alpha value is -1.39. The van der Waals surface area contributed by atoms with Crippen LogP contribution in [0.4, 0.5) is 0 Å². The predicted octanol–water partition coefficient (Wildman–Crippen LogP) is 1.29. The molecule has 0 saturated carbocycles. The number of carbonyl (C=O) groups excluding carboxylic acids is 1. The summed E-state index contributed by atoms with van der Waals surface area (Å²) in [6, 6.07) is 4.73. The minimum Gasteiger partial charge on any atom is -0.457 e. The summed E-state index contributed by atoms with van der Waals surface area (Å²) in [6.45, 7) is 6.61. The summed E-state index contributed by atoms with van der Waals surface area (Å²) >= 11 is 0. The van der Waals surface area contributed by atoms with E-state index in [0.29, 0.717) is 18.7 Å². The van der Waals surface area contributed by atoms with Crippen LogP contribution in [0.25, 0.3) is 0 Å². The largest absolute Gasteiger partial charge is 0.457 e. The van der Waals surface area contributed by atoms with Gasteiger partial charge in [-0.2, -0.15) is 0 Å². The van der Waals surface area contributed by atoms with E-state index in [1.54, 1.807) is 0 Å². The Morgan fingerprint density at radius 3 is 2.94 bits per heavy atom. The van der Waals surface area contributed by atoms with Crippen LogP contribution in [0.5, 0.6) is 0 Å². The van der Waals surface area contributed by atoms with Gasteiger partial charge in [-0.05, 0) is 31.0 Å². The van der Waals surface area contributed by atoms with Crippen LogP contribution < -0.4 is 10.6 Å². The number of cyclic esters (lactones) is 1. The summed E-state index contributed by atoms with van der Waals surface area (Å²) in [5, 5.41) is 7.01. The molecule has 0 aromatic heterocycles. The number of benzene rings is 1. The van der Waals surface area contributed by atoms with Gasteiger partial charge in [0.1, 0.15) is 6.61 Å². The molecule has 2 N–H and O–H groups in total. The lowest BCUT2D eigenvalue weighted by Crippen LogP contribution is -2.48. The van der Waals surface area contributed by atoms with Gasteiger partial charge < -0.3 is 15.4 Å². The Kier molecular flexibility index (Phi) is 2.84. The van der Waals surface area contributed by atoms with Gasteiger partial charge in [0.05, 0.1) is 5.56 Å². The summed E-state index contributed by atoms with van der Waals surface area (Å²) in [6.07, 6.45) is 0. The van der Waals surface area contributed by atoms with E-state index in [9.17, 15) is 4.79 Å². The topological polar surface area (TPSA) is 50.4 Å². The molecule has 0 amide bonds. The first-order valence-corrected chi connectivity index (χ1v) is 6.43. The predicted molar refractivity (Wildman–Crippen MR) is 68.5 cm³/mol. The first-order chi connectivity index (χ1) is 8.66. The van der Waals surface area contributed by atoms with Gasteiger partial charge in [0.2, 0.25) is 0 Å². The lowest BCUT2D eigenvalue weighted by Gasteiger charge is -2.31. The van der Waals surface area contributed by atoms with E-state index in [4.69, 9.17) is 4.74 Å². The van der Waals surface area contributed by atoms with Crippen LogP contribution in [0.1, 0.15) is 40.0 Å². The Bertz CT molecular complexity index is 499. The van der Waals surface area contributed by atoms with Crippen LogP contribution in [0, 0.1) is 6.92 Å². The van der Waals surface area contributed by atoms with Gasteiger partial charge in [-0.15, -0.1) is 0 Å². The molecule has 3 rings (SSSR count). The zero-order valence-electron chi connectivity index (χ0n) is 10.7. The van der Waals surface area contributed by atoms with Gasteiger partial charge >= 0.3 is 5.97 Å². The van der Waals surface area contributed by atoms with Crippen molar-refractivity contribution in [1.29, 1.82) is 0 Å². The summed E-state index contributed by atoms with van der Waals surface area (Å²) in [5.41, 5.74) is 4.24. The van der Waals surface area contributed by atoms with Gasteiger partial charge in [-0.1, -0.05) is 6.07 Å². The Labute approximate surface area is 107 Å². The molecule has 0 spiro atoms. The molecule has 4 heteroatoms. The van der Waals surface area contributed by atoms with Crippen molar-refractivity contribution in [2.45, 2.75) is 32.5 Å².